The van der Waals surface area contributed by atoms with E-state index in [0.717, 1.165) is 46.9 Å². The van der Waals surface area contributed by atoms with Crippen molar-refractivity contribution in [2.24, 2.45) is 0 Å². The van der Waals surface area contributed by atoms with E-state index in [2.05, 4.69) is 27.5 Å². The molecule has 0 radical (unpaired) electrons. The Bertz CT molecular complexity index is 909. The highest BCUT2D eigenvalue weighted by Gasteiger charge is 2.08. The molecule has 0 aliphatic carbocycles. The molecule has 1 heterocycles. The first-order valence-electron chi connectivity index (χ1n) is 9.16. The monoisotopic (exact) mass is 360 g/mol. The Morgan fingerprint density at radius 3 is 2.59 bits per heavy atom. The van der Waals surface area contributed by atoms with Gasteiger partial charge in [0.15, 0.2) is 0 Å². The molecule has 0 aliphatic heterocycles. The number of hydrogen-bond acceptors (Lipinski definition) is 4. The van der Waals surface area contributed by atoms with Crippen molar-refractivity contribution < 1.29 is 4.79 Å². The van der Waals surface area contributed by atoms with Crippen molar-refractivity contribution in [1.29, 1.82) is 0 Å². The molecular weight excluding hydrogens is 336 g/mol. The number of nitrogens with one attached hydrogen (secondary N) is 2. The van der Waals surface area contributed by atoms with Crippen LogP contribution < -0.4 is 10.6 Å². The van der Waals surface area contributed by atoms with Crippen molar-refractivity contribution >= 4 is 23.1 Å². The lowest BCUT2D eigenvalue weighted by atomic mass is 10.1. The number of aromatic nitrogens is 2. The van der Waals surface area contributed by atoms with Crippen LogP contribution in [0.15, 0.2) is 60.9 Å². The normalized spacial score (nSPS) is 10.4. The van der Waals surface area contributed by atoms with Crippen LogP contribution in [0.2, 0.25) is 0 Å². The maximum atomic E-state index is 12.4. The van der Waals surface area contributed by atoms with E-state index in [1.54, 1.807) is 0 Å². The fraction of sp³-hybridized carbons (Fsp3) is 0.227. The molecule has 0 aliphatic rings. The van der Waals surface area contributed by atoms with Gasteiger partial charge in [-0.15, -0.1) is 0 Å². The van der Waals surface area contributed by atoms with Gasteiger partial charge in [-0.05, 0) is 43.0 Å². The molecule has 1 amide bonds. The highest BCUT2D eigenvalue weighted by Crippen LogP contribution is 2.24. The highest BCUT2D eigenvalue weighted by atomic mass is 16.1. The summed E-state index contributed by atoms with van der Waals surface area (Å²) in [4.78, 5) is 20.7. The van der Waals surface area contributed by atoms with E-state index in [9.17, 15) is 4.79 Å². The lowest BCUT2D eigenvalue weighted by molar-refractivity contribution is -0.116. The lowest BCUT2D eigenvalue weighted by Crippen LogP contribution is -2.14. The van der Waals surface area contributed by atoms with E-state index in [1.165, 1.54) is 6.33 Å². The van der Waals surface area contributed by atoms with Gasteiger partial charge in [0.05, 0.1) is 0 Å². The van der Waals surface area contributed by atoms with Crippen LogP contribution in [0.5, 0.6) is 0 Å². The third-order valence-electron chi connectivity index (χ3n) is 4.32. The molecule has 0 fully saturated rings. The summed E-state index contributed by atoms with van der Waals surface area (Å²) in [5, 5.41) is 6.32. The molecule has 3 rings (SSSR count). The first-order chi connectivity index (χ1) is 13.1. The summed E-state index contributed by atoms with van der Waals surface area (Å²) in [6.45, 7) is 4.00. The van der Waals surface area contributed by atoms with E-state index < -0.39 is 0 Å². The van der Waals surface area contributed by atoms with Crippen LogP contribution in [0.4, 0.5) is 17.2 Å². The molecule has 2 aromatic carbocycles. The van der Waals surface area contributed by atoms with Gasteiger partial charge in [0.1, 0.15) is 12.1 Å². The third kappa shape index (κ3) is 5.38. The smallest absolute Gasteiger partial charge is 0.224 e. The fourth-order valence-electron chi connectivity index (χ4n) is 2.86. The zero-order valence-corrected chi connectivity index (χ0v) is 15.7. The van der Waals surface area contributed by atoms with Crippen LogP contribution >= 0.6 is 0 Å². The van der Waals surface area contributed by atoms with Gasteiger partial charge in [-0.3, -0.25) is 4.79 Å². The quantitative estimate of drug-likeness (QED) is 0.643. The first-order valence-corrected chi connectivity index (χ1v) is 9.16. The van der Waals surface area contributed by atoms with Gasteiger partial charge in [-0.25, -0.2) is 9.97 Å². The Balaban J connectivity index is 1.68. The molecule has 0 unspecified atom stereocenters. The summed E-state index contributed by atoms with van der Waals surface area (Å²) >= 11 is 0. The molecule has 5 heteroatoms. The summed E-state index contributed by atoms with van der Waals surface area (Å²) < 4.78 is 0. The van der Waals surface area contributed by atoms with Crippen molar-refractivity contribution in [3.8, 4) is 0 Å². The number of benzene rings is 2. The first kappa shape index (κ1) is 18.6. The van der Waals surface area contributed by atoms with E-state index in [-0.39, 0.29) is 5.91 Å². The summed E-state index contributed by atoms with van der Waals surface area (Å²) in [7, 11) is 0. The predicted molar refractivity (Wildman–Crippen MR) is 109 cm³/mol. The second kappa shape index (κ2) is 8.94. The van der Waals surface area contributed by atoms with E-state index >= 15 is 0 Å². The third-order valence-corrected chi connectivity index (χ3v) is 4.32. The molecule has 5 nitrogen and oxygen atoms in total. The maximum Gasteiger partial charge on any atom is 0.224 e. The Labute approximate surface area is 159 Å². The minimum absolute atomic E-state index is 0.0172. The van der Waals surface area contributed by atoms with Gasteiger partial charge in [0, 0.05) is 29.6 Å². The Hall–Kier alpha value is -3.21. The van der Waals surface area contributed by atoms with Gasteiger partial charge in [-0.1, -0.05) is 43.3 Å². The molecule has 1 aromatic heterocycles. The van der Waals surface area contributed by atoms with Crippen LogP contribution in [0.1, 0.15) is 30.2 Å². The second-order valence-corrected chi connectivity index (χ2v) is 6.43. The Morgan fingerprint density at radius 1 is 1.04 bits per heavy atom. The topological polar surface area (TPSA) is 66.9 Å². The number of carbonyl (C=O) groups is 1. The van der Waals surface area contributed by atoms with Gasteiger partial charge >= 0.3 is 0 Å². The summed E-state index contributed by atoms with van der Waals surface area (Å²) in [5.41, 5.74) is 4.88. The molecule has 0 bridgehead atoms. The molecule has 27 heavy (non-hydrogen) atoms. The standard InChI is InChI=1S/C22H24N4O/c1-3-18-10-11-19(25-21-13-16(2)23-15-24-21)14-20(18)26-22(27)12-9-17-7-5-4-6-8-17/h4-8,10-11,13-15H,3,9,12H2,1-2H3,(H,26,27)(H,23,24,25). The zero-order chi connectivity index (χ0) is 19.1. The molecule has 2 N–H and O–H groups in total. The molecular formula is C22H24N4O. The second-order valence-electron chi connectivity index (χ2n) is 6.43. The van der Waals surface area contributed by atoms with E-state index in [1.807, 2.05) is 61.5 Å². The molecule has 0 spiro atoms. The average Bonchev–Trinajstić information content (AvgIpc) is 2.67. The van der Waals surface area contributed by atoms with Crippen molar-refractivity contribution in [1.82, 2.24) is 9.97 Å². The summed E-state index contributed by atoms with van der Waals surface area (Å²) in [5.74, 6) is 0.747. The highest BCUT2D eigenvalue weighted by molar-refractivity contribution is 5.92. The van der Waals surface area contributed by atoms with Gasteiger partial charge in [0.2, 0.25) is 5.91 Å². The number of nitrogens with zero attached hydrogens (tertiary/aromatic N) is 2. The van der Waals surface area contributed by atoms with Gasteiger partial charge in [0.25, 0.3) is 0 Å². The Morgan fingerprint density at radius 2 is 1.85 bits per heavy atom. The van der Waals surface area contributed by atoms with Crippen LogP contribution in [-0.2, 0) is 17.6 Å². The molecule has 0 atom stereocenters. The number of hydrogen-bond donors (Lipinski definition) is 2. The molecule has 3 aromatic rings. The fourth-order valence-corrected chi connectivity index (χ4v) is 2.86. The zero-order valence-electron chi connectivity index (χ0n) is 15.7. The van der Waals surface area contributed by atoms with E-state index in [4.69, 9.17) is 0 Å². The van der Waals surface area contributed by atoms with Crippen LogP contribution in [-0.4, -0.2) is 15.9 Å². The van der Waals surface area contributed by atoms with Gasteiger partial charge in [-0.2, -0.15) is 0 Å². The number of aryl methyl sites for hydroxylation is 3. The van der Waals surface area contributed by atoms with Crippen LogP contribution in [0, 0.1) is 6.92 Å². The number of rotatable bonds is 7. The molecule has 138 valence electrons. The van der Waals surface area contributed by atoms with E-state index in [0.29, 0.717) is 6.42 Å². The lowest BCUT2D eigenvalue weighted by Gasteiger charge is -2.13. The number of carbonyl (C=O) groups excluding carboxylic acids is 1. The minimum atomic E-state index is 0.0172. The molecule has 0 saturated heterocycles. The van der Waals surface area contributed by atoms with Crippen LogP contribution in [0.3, 0.4) is 0 Å². The van der Waals surface area contributed by atoms with Crippen molar-refractivity contribution in [2.45, 2.75) is 33.1 Å². The van der Waals surface area contributed by atoms with Crippen molar-refractivity contribution in [3.05, 3.63) is 77.7 Å². The number of amides is 1. The largest absolute Gasteiger partial charge is 0.340 e. The summed E-state index contributed by atoms with van der Waals surface area (Å²) in [6.07, 6.45) is 3.56. The number of anilines is 3. The maximum absolute atomic E-state index is 12.4. The van der Waals surface area contributed by atoms with Gasteiger partial charge < -0.3 is 10.6 Å². The van der Waals surface area contributed by atoms with Crippen LogP contribution in [0.25, 0.3) is 0 Å². The summed E-state index contributed by atoms with van der Waals surface area (Å²) in [6, 6.07) is 17.9. The molecule has 0 saturated carbocycles. The Kier molecular flexibility index (Phi) is 6.15. The SMILES string of the molecule is CCc1ccc(Nc2cc(C)ncn2)cc1NC(=O)CCc1ccccc1. The minimum Gasteiger partial charge on any atom is -0.340 e. The predicted octanol–water partition coefficient (Wildman–Crippen LogP) is 4.66. The van der Waals surface area contributed by atoms with Crippen molar-refractivity contribution in [2.75, 3.05) is 10.6 Å². The average molecular weight is 360 g/mol. The van der Waals surface area contributed by atoms with Crippen molar-refractivity contribution in [3.63, 3.8) is 0 Å².